The van der Waals surface area contributed by atoms with E-state index in [2.05, 4.69) is 10.4 Å². The summed E-state index contributed by atoms with van der Waals surface area (Å²) in [5.41, 5.74) is 7.41. The van der Waals surface area contributed by atoms with Gasteiger partial charge in [0.2, 0.25) is 0 Å². The summed E-state index contributed by atoms with van der Waals surface area (Å²) in [4.78, 5) is 4.62. The first kappa shape index (κ1) is 13.5. The quantitative estimate of drug-likeness (QED) is 0.552. The Bertz CT molecular complexity index is 813. The van der Waals surface area contributed by atoms with Crippen molar-refractivity contribution in [2.75, 3.05) is 5.43 Å². The van der Waals surface area contributed by atoms with E-state index < -0.39 is 0 Å². The van der Waals surface area contributed by atoms with Crippen LogP contribution in [0.1, 0.15) is 11.1 Å². The van der Waals surface area contributed by atoms with Crippen molar-refractivity contribution in [3.05, 3.63) is 59.4 Å². The molecule has 2 aromatic carbocycles. The van der Waals surface area contributed by atoms with E-state index in [1.165, 1.54) is 6.07 Å². The number of nitrogens with one attached hydrogen (secondary N) is 1. The number of nitrogens with two attached hydrogens (primary N) is 1. The Morgan fingerprint density at radius 1 is 1.10 bits per heavy atom. The third-order valence-corrected chi connectivity index (χ3v) is 3.70. The molecule has 0 bridgehead atoms. The smallest absolute Gasteiger partial charge is 0.128 e. The van der Waals surface area contributed by atoms with E-state index in [1.807, 2.05) is 37.3 Å². The summed E-state index contributed by atoms with van der Waals surface area (Å²) in [6, 6.07) is 13.0. The highest BCUT2D eigenvalue weighted by Gasteiger charge is 2.14. The molecular weight excluding hydrogens is 265 g/mol. The minimum atomic E-state index is -0.263. The van der Waals surface area contributed by atoms with Crippen molar-refractivity contribution in [1.29, 1.82) is 0 Å². The average Bonchev–Trinajstić information content (AvgIpc) is 2.50. The average molecular weight is 281 g/mol. The molecule has 4 heteroatoms. The van der Waals surface area contributed by atoms with Gasteiger partial charge in [0.1, 0.15) is 5.82 Å². The van der Waals surface area contributed by atoms with Gasteiger partial charge < -0.3 is 5.43 Å². The predicted octanol–water partition coefficient (Wildman–Crippen LogP) is 3.94. The van der Waals surface area contributed by atoms with E-state index in [0.717, 1.165) is 27.9 Å². The maximum atomic E-state index is 13.8. The number of aryl methyl sites for hydroxylation is 1. The van der Waals surface area contributed by atoms with Crippen LogP contribution in [-0.2, 0) is 0 Å². The number of halogens is 1. The molecule has 0 aliphatic carbocycles. The van der Waals surface area contributed by atoms with E-state index in [4.69, 9.17) is 5.84 Å². The molecule has 0 spiro atoms. The number of benzene rings is 2. The van der Waals surface area contributed by atoms with Gasteiger partial charge in [0.15, 0.2) is 0 Å². The lowest BCUT2D eigenvalue weighted by Crippen LogP contribution is -2.10. The zero-order chi connectivity index (χ0) is 15.0. The van der Waals surface area contributed by atoms with Crippen LogP contribution in [0.4, 0.5) is 10.1 Å². The Balaban J connectivity index is 2.38. The van der Waals surface area contributed by atoms with Gasteiger partial charge in [-0.2, -0.15) is 0 Å². The van der Waals surface area contributed by atoms with E-state index in [0.29, 0.717) is 11.1 Å². The lowest BCUT2D eigenvalue weighted by molar-refractivity contribution is 0.620. The molecule has 3 rings (SSSR count). The maximum absolute atomic E-state index is 13.8. The van der Waals surface area contributed by atoms with E-state index in [1.54, 1.807) is 13.0 Å². The Kier molecular flexibility index (Phi) is 3.31. The normalized spacial score (nSPS) is 10.9. The number of fused-ring (bicyclic) bond motifs is 1. The summed E-state index contributed by atoms with van der Waals surface area (Å²) in [6.45, 7) is 3.69. The van der Waals surface area contributed by atoms with Gasteiger partial charge in [0.25, 0.3) is 0 Å². The van der Waals surface area contributed by atoms with Crippen LogP contribution in [0, 0.1) is 19.7 Å². The lowest BCUT2D eigenvalue weighted by atomic mass is 10.0. The third kappa shape index (κ3) is 2.23. The summed E-state index contributed by atoms with van der Waals surface area (Å²) in [5.74, 6) is 5.42. The van der Waals surface area contributed by atoms with Crippen molar-refractivity contribution < 1.29 is 4.39 Å². The summed E-state index contributed by atoms with van der Waals surface area (Å²) in [5, 5.41) is 0.827. The molecule has 0 saturated heterocycles. The molecule has 3 aromatic rings. The fourth-order valence-electron chi connectivity index (χ4n) is 2.55. The number of hydrazine groups is 1. The molecule has 0 atom stereocenters. The van der Waals surface area contributed by atoms with Crippen LogP contribution in [0.25, 0.3) is 22.2 Å². The van der Waals surface area contributed by atoms with Crippen LogP contribution < -0.4 is 11.3 Å². The molecule has 3 nitrogen and oxygen atoms in total. The Morgan fingerprint density at radius 3 is 2.48 bits per heavy atom. The molecule has 1 aromatic heterocycles. The van der Waals surface area contributed by atoms with Gasteiger partial charge in [-0.1, -0.05) is 30.3 Å². The highest BCUT2D eigenvalue weighted by molar-refractivity contribution is 5.96. The number of aromatic nitrogens is 1. The minimum absolute atomic E-state index is 0.263. The summed E-state index contributed by atoms with van der Waals surface area (Å²) < 4.78 is 13.8. The molecule has 0 aliphatic heterocycles. The summed E-state index contributed by atoms with van der Waals surface area (Å²) in [7, 11) is 0. The van der Waals surface area contributed by atoms with Gasteiger partial charge in [0.05, 0.1) is 16.9 Å². The van der Waals surface area contributed by atoms with Crippen LogP contribution in [-0.4, -0.2) is 4.98 Å². The largest absolute Gasteiger partial charge is 0.323 e. The Hall–Kier alpha value is -2.46. The number of hydrogen-bond acceptors (Lipinski definition) is 3. The number of pyridine rings is 1. The topological polar surface area (TPSA) is 50.9 Å². The number of hydrogen-bond donors (Lipinski definition) is 2. The number of rotatable bonds is 2. The predicted molar refractivity (Wildman–Crippen MR) is 84.4 cm³/mol. The van der Waals surface area contributed by atoms with Crippen molar-refractivity contribution in [3.63, 3.8) is 0 Å². The zero-order valence-electron chi connectivity index (χ0n) is 11.9. The number of nitrogen functional groups attached to an aromatic ring is 1. The molecule has 0 fully saturated rings. The van der Waals surface area contributed by atoms with Gasteiger partial charge in [-0.25, -0.2) is 9.37 Å². The summed E-state index contributed by atoms with van der Waals surface area (Å²) in [6.07, 6.45) is 0. The Labute approximate surface area is 122 Å². The standard InChI is InChI=1S/C17H16FN3/c1-10-8-13-15(9-14(10)18)20-16(11(2)17(13)21-19)12-6-4-3-5-7-12/h3-9H,19H2,1-2H3,(H,20,21). The van der Waals surface area contributed by atoms with Crippen LogP contribution >= 0.6 is 0 Å². The second-order valence-electron chi connectivity index (χ2n) is 5.09. The molecule has 0 radical (unpaired) electrons. The van der Waals surface area contributed by atoms with Crippen LogP contribution in [0.3, 0.4) is 0 Å². The molecule has 0 unspecified atom stereocenters. The molecule has 3 N–H and O–H groups in total. The van der Waals surface area contributed by atoms with E-state index in [9.17, 15) is 4.39 Å². The first-order chi connectivity index (χ1) is 10.1. The molecule has 0 amide bonds. The first-order valence-corrected chi connectivity index (χ1v) is 6.74. The van der Waals surface area contributed by atoms with E-state index >= 15 is 0 Å². The van der Waals surface area contributed by atoms with Crippen LogP contribution in [0.5, 0.6) is 0 Å². The Morgan fingerprint density at radius 2 is 1.81 bits per heavy atom. The van der Waals surface area contributed by atoms with Gasteiger partial charge in [-0.3, -0.25) is 5.84 Å². The molecule has 0 aliphatic rings. The molecule has 21 heavy (non-hydrogen) atoms. The highest BCUT2D eigenvalue weighted by Crippen LogP contribution is 2.33. The fraction of sp³-hybridized carbons (Fsp3) is 0.118. The molecular formula is C17H16FN3. The van der Waals surface area contributed by atoms with Crippen molar-refractivity contribution in [1.82, 2.24) is 4.98 Å². The van der Waals surface area contributed by atoms with Crippen LogP contribution in [0.2, 0.25) is 0 Å². The monoisotopic (exact) mass is 281 g/mol. The van der Waals surface area contributed by atoms with Gasteiger partial charge in [0, 0.05) is 22.6 Å². The first-order valence-electron chi connectivity index (χ1n) is 6.74. The van der Waals surface area contributed by atoms with Crippen molar-refractivity contribution in [3.8, 4) is 11.3 Å². The molecule has 0 saturated carbocycles. The molecule has 106 valence electrons. The highest BCUT2D eigenvalue weighted by atomic mass is 19.1. The van der Waals surface area contributed by atoms with Gasteiger partial charge in [-0.05, 0) is 25.5 Å². The second kappa shape index (κ2) is 5.14. The number of anilines is 1. The van der Waals surface area contributed by atoms with E-state index in [-0.39, 0.29) is 5.82 Å². The fourth-order valence-corrected chi connectivity index (χ4v) is 2.55. The zero-order valence-corrected chi connectivity index (χ0v) is 11.9. The van der Waals surface area contributed by atoms with Crippen molar-refractivity contribution >= 4 is 16.6 Å². The number of nitrogens with zero attached hydrogens (tertiary/aromatic N) is 1. The van der Waals surface area contributed by atoms with Crippen molar-refractivity contribution in [2.24, 2.45) is 5.84 Å². The minimum Gasteiger partial charge on any atom is -0.323 e. The van der Waals surface area contributed by atoms with Crippen LogP contribution in [0.15, 0.2) is 42.5 Å². The second-order valence-corrected chi connectivity index (χ2v) is 5.09. The third-order valence-electron chi connectivity index (χ3n) is 3.70. The summed E-state index contributed by atoms with van der Waals surface area (Å²) >= 11 is 0. The van der Waals surface area contributed by atoms with Gasteiger partial charge >= 0.3 is 0 Å². The van der Waals surface area contributed by atoms with Gasteiger partial charge in [-0.15, -0.1) is 0 Å². The maximum Gasteiger partial charge on any atom is 0.128 e. The van der Waals surface area contributed by atoms with Crippen molar-refractivity contribution in [2.45, 2.75) is 13.8 Å². The SMILES string of the molecule is Cc1cc2c(NN)c(C)c(-c3ccccc3)nc2cc1F. The molecule has 1 heterocycles. The lowest BCUT2D eigenvalue weighted by Gasteiger charge is -2.14.